The second-order valence-corrected chi connectivity index (χ2v) is 5.63. The summed E-state index contributed by atoms with van der Waals surface area (Å²) >= 11 is 0. The summed E-state index contributed by atoms with van der Waals surface area (Å²) < 4.78 is 28.9. The van der Waals surface area contributed by atoms with Crippen molar-refractivity contribution in [2.24, 2.45) is 0 Å². The highest BCUT2D eigenvalue weighted by Crippen LogP contribution is 2.20. The van der Waals surface area contributed by atoms with Crippen LogP contribution in [0, 0.1) is 0 Å². The van der Waals surface area contributed by atoms with Crippen molar-refractivity contribution in [1.82, 2.24) is 16.0 Å². The van der Waals surface area contributed by atoms with Crippen LogP contribution in [0.4, 0.5) is 13.6 Å². The summed E-state index contributed by atoms with van der Waals surface area (Å²) in [7, 11) is 0. The van der Waals surface area contributed by atoms with E-state index in [2.05, 4.69) is 20.7 Å². The Bertz CT molecular complexity index is 583. The molecule has 2 atom stereocenters. The molecule has 1 fully saturated rings. The van der Waals surface area contributed by atoms with Crippen molar-refractivity contribution in [3.8, 4) is 5.75 Å². The molecule has 6 nitrogen and oxygen atoms in total. The number of hydrogen-bond donors (Lipinski definition) is 3. The van der Waals surface area contributed by atoms with Crippen molar-refractivity contribution >= 4 is 11.9 Å². The smallest absolute Gasteiger partial charge is 0.387 e. The van der Waals surface area contributed by atoms with Crippen molar-refractivity contribution in [3.05, 3.63) is 29.8 Å². The van der Waals surface area contributed by atoms with Gasteiger partial charge in [0.15, 0.2) is 0 Å². The number of benzene rings is 1. The number of halogens is 2. The fraction of sp³-hybridized carbons (Fsp3) is 0.500. The Morgan fingerprint density at radius 1 is 1.38 bits per heavy atom. The van der Waals surface area contributed by atoms with E-state index >= 15 is 0 Å². The maximum atomic E-state index is 12.3. The van der Waals surface area contributed by atoms with Gasteiger partial charge in [-0.25, -0.2) is 4.79 Å². The van der Waals surface area contributed by atoms with Gasteiger partial charge in [-0.3, -0.25) is 4.79 Å². The molecule has 1 aliphatic rings. The van der Waals surface area contributed by atoms with Gasteiger partial charge in [-0.2, -0.15) is 8.78 Å². The molecule has 0 radical (unpaired) electrons. The lowest BCUT2D eigenvalue weighted by Crippen LogP contribution is -2.49. The van der Waals surface area contributed by atoms with Gasteiger partial charge < -0.3 is 20.7 Å². The molecular weight excluding hydrogens is 320 g/mol. The summed E-state index contributed by atoms with van der Waals surface area (Å²) in [4.78, 5) is 23.9. The van der Waals surface area contributed by atoms with Gasteiger partial charge in [-0.05, 0) is 43.9 Å². The molecule has 0 aliphatic carbocycles. The summed E-state index contributed by atoms with van der Waals surface area (Å²) in [6.45, 7) is -0.569. The molecule has 1 heterocycles. The lowest BCUT2D eigenvalue weighted by atomic mass is 10.1. The maximum Gasteiger partial charge on any atom is 0.387 e. The zero-order chi connectivity index (χ0) is 17.5. The second kappa shape index (κ2) is 8.47. The fourth-order valence-electron chi connectivity index (χ4n) is 2.52. The number of amides is 3. The largest absolute Gasteiger partial charge is 0.435 e. The van der Waals surface area contributed by atoms with Gasteiger partial charge in [-0.15, -0.1) is 0 Å². The van der Waals surface area contributed by atoms with Gasteiger partial charge in [0.05, 0.1) is 6.04 Å². The van der Waals surface area contributed by atoms with Crippen LogP contribution in [0.5, 0.6) is 5.75 Å². The summed E-state index contributed by atoms with van der Waals surface area (Å²) in [5, 5.41) is 8.08. The highest BCUT2D eigenvalue weighted by molar-refractivity contribution is 5.87. The van der Waals surface area contributed by atoms with Gasteiger partial charge in [0.25, 0.3) is 0 Å². The molecule has 2 rings (SSSR count). The molecule has 1 aromatic carbocycles. The molecule has 0 bridgehead atoms. The van der Waals surface area contributed by atoms with E-state index in [-0.39, 0.29) is 11.7 Å². The number of alkyl halides is 2. The van der Waals surface area contributed by atoms with Gasteiger partial charge in [0, 0.05) is 6.54 Å². The number of hydrogen-bond acceptors (Lipinski definition) is 3. The first-order valence-corrected chi connectivity index (χ1v) is 7.85. The Hall–Kier alpha value is -2.38. The molecule has 0 aromatic heterocycles. The summed E-state index contributed by atoms with van der Waals surface area (Å²) in [5.74, 6) is -0.165. The Balaban J connectivity index is 1.92. The first-order valence-electron chi connectivity index (χ1n) is 7.85. The summed E-state index contributed by atoms with van der Waals surface area (Å²) in [6.07, 6.45) is 2.33. The van der Waals surface area contributed by atoms with Crippen LogP contribution in [0.15, 0.2) is 24.3 Å². The van der Waals surface area contributed by atoms with Gasteiger partial charge in [0.2, 0.25) is 5.91 Å². The molecule has 8 heteroatoms. The molecule has 3 N–H and O–H groups in total. The quantitative estimate of drug-likeness (QED) is 0.769. The van der Waals surface area contributed by atoms with Crippen LogP contribution in [0.25, 0.3) is 0 Å². The molecule has 3 amide bonds. The average molecular weight is 341 g/mol. The predicted octanol–water partition coefficient (Wildman–Crippen LogP) is 2.32. The maximum absolute atomic E-state index is 12.3. The van der Waals surface area contributed by atoms with Crippen molar-refractivity contribution in [2.45, 2.75) is 44.9 Å². The van der Waals surface area contributed by atoms with Crippen LogP contribution in [-0.2, 0) is 4.79 Å². The molecule has 24 heavy (non-hydrogen) atoms. The van der Waals surface area contributed by atoms with Crippen LogP contribution in [0.1, 0.15) is 37.8 Å². The third-order valence-corrected chi connectivity index (χ3v) is 3.77. The highest BCUT2D eigenvalue weighted by atomic mass is 19.3. The fourth-order valence-corrected chi connectivity index (χ4v) is 2.52. The van der Waals surface area contributed by atoms with E-state index in [1.54, 1.807) is 19.1 Å². The predicted molar refractivity (Wildman–Crippen MR) is 83.8 cm³/mol. The van der Waals surface area contributed by atoms with Crippen LogP contribution < -0.4 is 20.7 Å². The number of urea groups is 1. The van der Waals surface area contributed by atoms with Crippen molar-refractivity contribution in [3.63, 3.8) is 0 Å². The number of nitrogens with one attached hydrogen (secondary N) is 3. The minimum atomic E-state index is -2.90. The standard InChI is InChI=1S/C16H21F2N3O3/c1-10(11-5-4-6-12(9-11)24-15(17)18)20-16(23)21-13-7-2-3-8-19-14(13)22/h4-6,9-10,13,15H,2-3,7-8H2,1H3,(H,19,22)(H2,20,21,23)/t10-,13-/m0/s1. The molecule has 1 aliphatic heterocycles. The van der Waals surface area contributed by atoms with E-state index < -0.39 is 24.7 Å². The third-order valence-electron chi connectivity index (χ3n) is 3.77. The molecular formula is C16H21F2N3O3. The minimum absolute atomic E-state index is 0.0275. The Kier molecular flexibility index (Phi) is 6.34. The van der Waals surface area contributed by atoms with E-state index in [0.717, 1.165) is 12.8 Å². The molecule has 0 spiro atoms. The zero-order valence-electron chi connectivity index (χ0n) is 13.4. The van der Waals surface area contributed by atoms with E-state index in [1.165, 1.54) is 12.1 Å². The van der Waals surface area contributed by atoms with Crippen LogP contribution in [0.2, 0.25) is 0 Å². The van der Waals surface area contributed by atoms with E-state index in [1.807, 2.05) is 0 Å². The lowest BCUT2D eigenvalue weighted by molar-refractivity contribution is -0.122. The van der Waals surface area contributed by atoms with Crippen LogP contribution in [-0.4, -0.2) is 31.1 Å². The van der Waals surface area contributed by atoms with E-state index in [4.69, 9.17) is 0 Å². The Morgan fingerprint density at radius 3 is 2.92 bits per heavy atom. The van der Waals surface area contributed by atoms with Crippen molar-refractivity contribution < 1.29 is 23.1 Å². The van der Waals surface area contributed by atoms with Crippen LogP contribution in [0.3, 0.4) is 0 Å². The zero-order valence-corrected chi connectivity index (χ0v) is 13.4. The second-order valence-electron chi connectivity index (χ2n) is 5.63. The van der Waals surface area contributed by atoms with Gasteiger partial charge in [-0.1, -0.05) is 12.1 Å². The van der Waals surface area contributed by atoms with Crippen molar-refractivity contribution in [1.29, 1.82) is 0 Å². The molecule has 1 aromatic rings. The number of ether oxygens (including phenoxy) is 1. The molecule has 0 unspecified atom stereocenters. The van der Waals surface area contributed by atoms with E-state index in [9.17, 15) is 18.4 Å². The average Bonchev–Trinajstić information content (AvgIpc) is 2.72. The SMILES string of the molecule is C[C@H](NC(=O)N[C@H]1CCCCNC1=O)c1cccc(OC(F)F)c1. The first-order chi connectivity index (χ1) is 11.5. The van der Waals surface area contributed by atoms with Crippen molar-refractivity contribution in [2.75, 3.05) is 6.54 Å². The lowest BCUT2D eigenvalue weighted by Gasteiger charge is -2.19. The summed E-state index contributed by atoms with van der Waals surface area (Å²) in [6, 6.07) is 4.65. The van der Waals surface area contributed by atoms with E-state index in [0.29, 0.717) is 18.5 Å². The highest BCUT2D eigenvalue weighted by Gasteiger charge is 2.23. The third kappa shape index (κ3) is 5.36. The molecule has 0 saturated carbocycles. The minimum Gasteiger partial charge on any atom is -0.435 e. The molecule has 1 saturated heterocycles. The summed E-state index contributed by atoms with van der Waals surface area (Å²) in [5.41, 5.74) is 0.619. The Labute approximate surface area is 138 Å². The van der Waals surface area contributed by atoms with Crippen LogP contribution >= 0.6 is 0 Å². The van der Waals surface area contributed by atoms with Gasteiger partial charge in [0.1, 0.15) is 11.8 Å². The first kappa shape index (κ1) is 18.0. The molecule has 132 valence electrons. The normalized spacial score (nSPS) is 19.2. The topological polar surface area (TPSA) is 79.5 Å². The number of carbonyl (C=O) groups excluding carboxylic acids is 2. The Morgan fingerprint density at radius 2 is 2.17 bits per heavy atom. The van der Waals surface area contributed by atoms with Gasteiger partial charge >= 0.3 is 12.6 Å². The number of rotatable bonds is 5. The number of carbonyl (C=O) groups is 2. The monoisotopic (exact) mass is 341 g/mol.